The Kier molecular flexibility index (Phi) is 7.22. The van der Waals surface area contributed by atoms with Crippen LogP contribution in [-0.4, -0.2) is 92.1 Å². The lowest BCUT2D eigenvalue weighted by atomic mass is 10.2. The normalized spacial score (nSPS) is 21.1. The van der Waals surface area contributed by atoms with Crippen LogP contribution in [0.1, 0.15) is 12.8 Å². The summed E-state index contributed by atoms with van der Waals surface area (Å²) in [5.74, 6) is 0.203. The van der Waals surface area contributed by atoms with E-state index in [2.05, 4.69) is 4.90 Å². The van der Waals surface area contributed by atoms with Gasteiger partial charge in [0, 0.05) is 46.4 Å². The van der Waals surface area contributed by atoms with Gasteiger partial charge in [0.15, 0.2) is 6.61 Å². The van der Waals surface area contributed by atoms with E-state index in [4.69, 9.17) is 9.47 Å². The minimum Gasteiger partial charge on any atom is -0.484 e. The molecule has 8 heteroatoms. The van der Waals surface area contributed by atoms with Crippen LogP contribution >= 0.6 is 0 Å². The van der Waals surface area contributed by atoms with E-state index in [-0.39, 0.29) is 30.3 Å². The van der Waals surface area contributed by atoms with Crippen LogP contribution in [0.4, 0.5) is 4.39 Å². The molecule has 0 radical (unpaired) electrons. The molecule has 0 unspecified atom stereocenters. The van der Waals surface area contributed by atoms with Crippen molar-refractivity contribution in [2.45, 2.75) is 18.9 Å². The maximum atomic E-state index is 12.9. The standard InChI is InChI=1S/C20H28FN3O4/c1-27-14-13-24-10-7-18(20(24)26)22-8-2-9-23(12-11-22)19(25)15-28-17-5-3-16(21)4-6-17/h3-6,18H,2,7-15H2,1H3/t18-/m0/s1. The van der Waals surface area contributed by atoms with Crippen LogP contribution in [0.3, 0.4) is 0 Å². The number of carbonyl (C=O) groups excluding carboxylic acids is 2. The van der Waals surface area contributed by atoms with E-state index in [0.29, 0.717) is 38.5 Å². The van der Waals surface area contributed by atoms with E-state index in [0.717, 1.165) is 25.9 Å². The molecule has 154 valence electrons. The number of carbonyl (C=O) groups is 2. The van der Waals surface area contributed by atoms with Gasteiger partial charge in [-0.2, -0.15) is 0 Å². The molecule has 2 heterocycles. The van der Waals surface area contributed by atoms with E-state index < -0.39 is 0 Å². The van der Waals surface area contributed by atoms with Gasteiger partial charge in [-0.25, -0.2) is 4.39 Å². The van der Waals surface area contributed by atoms with Crippen molar-refractivity contribution in [1.82, 2.24) is 14.7 Å². The van der Waals surface area contributed by atoms with Crippen LogP contribution in [0, 0.1) is 5.82 Å². The molecule has 2 fully saturated rings. The molecule has 2 aliphatic heterocycles. The molecule has 28 heavy (non-hydrogen) atoms. The second-order valence-corrected chi connectivity index (χ2v) is 7.14. The van der Waals surface area contributed by atoms with Crippen LogP contribution in [0.5, 0.6) is 5.75 Å². The lowest BCUT2D eigenvalue weighted by Crippen LogP contribution is -2.44. The summed E-state index contributed by atoms with van der Waals surface area (Å²) < 4.78 is 23.5. The Morgan fingerprint density at radius 1 is 1.14 bits per heavy atom. The van der Waals surface area contributed by atoms with Gasteiger partial charge in [-0.3, -0.25) is 14.5 Å². The lowest BCUT2D eigenvalue weighted by molar-refractivity contribution is -0.133. The van der Waals surface area contributed by atoms with Crippen molar-refractivity contribution in [3.63, 3.8) is 0 Å². The molecular formula is C20H28FN3O4. The van der Waals surface area contributed by atoms with Crippen LogP contribution in [0.2, 0.25) is 0 Å². The first kappa shape index (κ1) is 20.5. The van der Waals surface area contributed by atoms with Gasteiger partial charge in [0.05, 0.1) is 12.6 Å². The van der Waals surface area contributed by atoms with Gasteiger partial charge in [0.2, 0.25) is 5.91 Å². The number of methoxy groups -OCH3 is 1. The molecule has 1 aromatic carbocycles. The van der Waals surface area contributed by atoms with E-state index in [1.165, 1.54) is 24.3 Å². The molecule has 2 amide bonds. The topological polar surface area (TPSA) is 62.3 Å². The average molecular weight is 393 g/mol. The van der Waals surface area contributed by atoms with Crippen molar-refractivity contribution >= 4 is 11.8 Å². The smallest absolute Gasteiger partial charge is 0.260 e. The van der Waals surface area contributed by atoms with E-state index in [1.807, 2.05) is 4.90 Å². The summed E-state index contributed by atoms with van der Waals surface area (Å²) in [4.78, 5) is 30.9. The number of amides is 2. The third-order valence-corrected chi connectivity index (χ3v) is 5.33. The number of rotatable bonds is 7. The van der Waals surface area contributed by atoms with Gasteiger partial charge in [-0.05, 0) is 37.1 Å². The maximum absolute atomic E-state index is 12.9. The van der Waals surface area contributed by atoms with Gasteiger partial charge in [-0.1, -0.05) is 0 Å². The summed E-state index contributed by atoms with van der Waals surface area (Å²) >= 11 is 0. The fourth-order valence-corrected chi connectivity index (χ4v) is 3.75. The lowest BCUT2D eigenvalue weighted by Gasteiger charge is -2.26. The first-order valence-corrected chi connectivity index (χ1v) is 9.76. The van der Waals surface area contributed by atoms with E-state index in [9.17, 15) is 14.0 Å². The second kappa shape index (κ2) is 9.84. The Balaban J connectivity index is 1.47. The second-order valence-electron chi connectivity index (χ2n) is 7.14. The van der Waals surface area contributed by atoms with Crippen LogP contribution < -0.4 is 4.74 Å². The van der Waals surface area contributed by atoms with Gasteiger partial charge in [0.25, 0.3) is 5.91 Å². The van der Waals surface area contributed by atoms with Crippen LogP contribution in [-0.2, 0) is 14.3 Å². The zero-order valence-corrected chi connectivity index (χ0v) is 16.3. The number of halogens is 1. The Hall–Kier alpha value is -2.19. The summed E-state index contributed by atoms with van der Waals surface area (Å²) in [5.41, 5.74) is 0. The molecule has 0 N–H and O–H groups in total. The predicted molar refractivity (Wildman–Crippen MR) is 102 cm³/mol. The highest BCUT2D eigenvalue weighted by Gasteiger charge is 2.36. The first-order valence-electron chi connectivity index (χ1n) is 9.76. The molecule has 0 bridgehead atoms. The Morgan fingerprint density at radius 3 is 2.68 bits per heavy atom. The van der Waals surface area contributed by atoms with Gasteiger partial charge < -0.3 is 19.3 Å². The molecular weight excluding hydrogens is 365 g/mol. The highest BCUT2D eigenvalue weighted by atomic mass is 19.1. The summed E-state index contributed by atoms with van der Waals surface area (Å²) in [5, 5.41) is 0. The number of likely N-dealkylation sites (tertiary alicyclic amines) is 1. The largest absolute Gasteiger partial charge is 0.484 e. The summed E-state index contributed by atoms with van der Waals surface area (Å²) in [6.45, 7) is 4.58. The number of hydrogen-bond donors (Lipinski definition) is 0. The third-order valence-electron chi connectivity index (χ3n) is 5.33. The summed E-state index contributed by atoms with van der Waals surface area (Å²) in [7, 11) is 1.64. The minimum atomic E-state index is -0.339. The highest BCUT2D eigenvalue weighted by molar-refractivity contribution is 5.84. The zero-order valence-electron chi connectivity index (χ0n) is 16.3. The molecule has 2 saturated heterocycles. The zero-order chi connectivity index (χ0) is 19.9. The van der Waals surface area contributed by atoms with Crippen molar-refractivity contribution in [2.75, 3.05) is 59.6 Å². The highest BCUT2D eigenvalue weighted by Crippen LogP contribution is 2.19. The number of nitrogens with zero attached hydrogens (tertiary/aromatic N) is 3. The van der Waals surface area contributed by atoms with Crippen LogP contribution in [0.25, 0.3) is 0 Å². The van der Waals surface area contributed by atoms with Crippen LogP contribution in [0.15, 0.2) is 24.3 Å². The van der Waals surface area contributed by atoms with Gasteiger partial charge in [0.1, 0.15) is 11.6 Å². The molecule has 0 saturated carbocycles. The quantitative estimate of drug-likeness (QED) is 0.691. The molecule has 0 spiro atoms. The summed E-state index contributed by atoms with van der Waals surface area (Å²) in [6.07, 6.45) is 1.65. The fraction of sp³-hybridized carbons (Fsp3) is 0.600. The summed E-state index contributed by atoms with van der Waals surface area (Å²) in [6, 6.07) is 5.53. The molecule has 3 rings (SSSR count). The van der Waals surface area contributed by atoms with Crippen molar-refractivity contribution in [1.29, 1.82) is 0 Å². The van der Waals surface area contributed by atoms with E-state index >= 15 is 0 Å². The van der Waals surface area contributed by atoms with E-state index in [1.54, 1.807) is 12.0 Å². The maximum Gasteiger partial charge on any atom is 0.260 e. The number of hydrogen-bond acceptors (Lipinski definition) is 5. The Morgan fingerprint density at radius 2 is 1.93 bits per heavy atom. The Labute approximate surface area is 165 Å². The third kappa shape index (κ3) is 5.20. The van der Waals surface area contributed by atoms with Crippen molar-refractivity contribution in [3.8, 4) is 5.75 Å². The number of ether oxygens (including phenoxy) is 2. The van der Waals surface area contributed by atoms with Gasteiger partial charge >= 0.3 is 0 Å². The van der Waals surface area contributed by atoms with Crippen molar-refractivity contribution < 1.29 is 23.5 Å². The molecule has 0 aliphatic carbocycles. The van der Waals surface area contributed by atoms with Crippen molar-refractivity contribution in [3.05, 3.63) is 30.1 Å². The van der Waals surface area contributed by atoms with Crippen molar-refractivity contribution in [2.24, 2.45) is 0 Å². The predicted octanol–water partition coefficient (Wildman–Crippen LogP) is 0.986. The first-order chi connectivity index (χ1) is 13.6. The Bertz CT molecular complexity index is 670. The average Bonchev–Trinajstić information content (AvgIpc) is 2.91. The molecule has 1 atom stereocenters. The molecule has 2 aliphatic rings. The SMILES string of the molecule is COCCN1CC[C@H](N2CCCN(C(=O)COc3ccc(F)cc3)CC2)C1=O. The number of benzene rings is 1. The fourth-order valence-electron chi connectivity index (χ4n) is 3.75. The molecule has 0 aromatic heterocycles. The monoisotopic (exact) mass is 393 g/mol. The molecule has 7 nitrogen and oxygen atoms in total. The van der Waals surface area contributed by atoms with Gasteiger partial charge in [-0.15, -0.1) is 0 Å². The molecule has 1 aromatic rings. The minimum absolute atomic E-state index is 0.0706.